The molecule has 3 aliphatic rings. The molecule has 84 valence electrons. The first kappa shape index (κ1) is 9.64. The number of hydrogen-bond donors (Lipinski definition) is 1. The van der Waals surface area contributed by atoms with Crippen LogP contribution in [0.5, 0.6) is 0 Å². The number of rotatable bonds is 0. The van der Waals surface area contributed by atoms with Gasteiger partial charge in [0.1, 0.15) is 5.60 Å². The van der Waals surface area contributed by atoms with Crippen molar-refractivity contribution in [2.24, 2.45) is 17.3 Å². The van der Waals surface area contributed by atoms with Crippen molar-refractivity contribution in [1.82, 2.24) is 0 Å². The van der Waals surface area contributed by atoms with Gasteiger partial charge in [0.2, 0.25) is 0 Å². The van der Waals surface area contributed by atoms with Crippen LogP contribution in [0.4, 0.5) is 0 Å². The molecule has 0 spiro atoms. The van der Waals surface area contributed by atoms with Crippen LogP contribution in [0, 0.1) is 17.3 Å². The summed E-state index contributed by atoms with van der Waals surface area (Å²) in [7, 11) is 0. The summed E-state index contributed by atoms with van der Waals surface area (Å²) in [6, 6.07) is 0. The zero-order valence-corrected chi connectivity index (χ0v) is 9.32. The second kappa shape index (κ2) is 2.57. The Kier molecular flexibility index (Phi) is 1.65. The number of esters is 1. The van der Waals surface area contributed by atoms with Gasteiger partial charge in [-0.25, -0.2) is 0 Å². The first-order chi connectivity index (χ1) is 7.02. The lowest BCUT2D eigenvalue weighted by atomic mass is 9.58. The van der Waals surface area contributed by atoms with E-state index >= 15 is 0 Å². The summed E-state index contributed by atoms with van der Waals surface area (Å²) < 4.78 is 5.55. The summed E-state index contributed by atoms with van der Waals surface area (Å²) in [6.45, 7) is 4.34. The second-order valence-electron chi connectivity index (χ2n) is 5.68. The van der Waals surface area contributed by atoms with E-state index in [4.69, 9.17) is 4.74 Å². The summed E-state index contributed by atoms with van der Waals surface area (Å²) in [5, 5.41) is 10.2. The van der Waals surface area contributed by atoms with Crippen LogP contribution >= 0.6 is 0 Å². The molecule has 3 heteroatoms. The molecule has 2 aliphatic carbocycles. The predicted octanol–water partition coefficient (Wildman–Crippen LogP) is 1.49. The van der Waals surface area contributed by atoms with Crippen LogP contribution in [-0.4, -0.2) is 22.8 Å². The standard InChI is InChI=1S/C12H18O3/c1-7-3-4-9(13)12-6-5-8(10(14)15-12)11(7,12)2/h7-9,13H,3-6H2,1-2H3/t7-,8-,9+,11-,12-/m0/s1. The smallest absolute Gasteiger partial charge is 0.310 e. The third-order valence-electron chi connectivity index (χ3n) is 5.44. The number of aliphatic hydroxyl groups is 1. The number of carbonyl (C=O) groups is 1. The lowest BCUT2D eigenvalue weighted by Crippen LogP contribution is -2.56. The molecular weight excluding hydrogens is 192 g/mol. The fraction of sp³-hybridized carbons (Fsp3) is 0.917. The van der Waals surface area contributed by atoms with Crippen molar-refractivity contribution in [2.45, 2.75) is 51.2 Å². The maximum atomic E-state index is 11.8. The molecule has 0 unspecified atom stereocenters. The van der Waals surface area contributed by atoms with Crippen LogP contribution in [0.2, 0.25) is 0 Å². The molecule has 1 saturated heterocycles. The highest BCUT2D eigenvalue weighted by Crippen LogP contribution is 2.66. The first-order valence-electron chi connectivity index (χ1n) is 5.93. The average Bonchev–Trinajstić information content (AvgIpc) is 2.62. The predicted molar refractivity (Wildman–Crippen MR) is 54.1 cm³/mol. The molecule has 15 heavy (non-hydrogen) atoms. The van der Waals surface area contributed by atoms with E-state index in [1.807, 2.05) is 0 Å². The molecule has 0 aromatic rings. The van der Waals surface area contributed by atoms with Crippen LogP contribution in [0.3, 0.4) is 0 Å². The minimum atomic E-state index is -0.549. The van der Waals surface area contributed by atoms with E-state index in [9.17, 15) is 9.90 Å². The van der Waals surface area contributed by atoms with Gasteiger partial charge in [-0.3, -0.25) is 4.79 Å². The molecule has 3 rings (SSSR count). The molecule has 0 aromatic heterocycles. The van der Waals surface area contributed by atoms with Crippen molar-refractivity contribution < 1.29 is 14.6 Å². The lowest BCUT2D eigenvalue weighted by Gasteiger charge is -2.49. The molecule has 0 radical (unpaired) electrons. The van der Waals surface area contributed by atoms with Crippen molar-refractivity contribution in [3.05, 3.63) is 0 Å². The van der Waals surface area contributed by atoms with Gasteiger partial charge in [0.05, 0.1) is 12.0 Å². The van der Waals surface area contributed by atoms with Gasteiger partial charge in [0.15, 0.2) is 0 Å². The van der Waals surface area contributed by atoms with Crippen LogP contribution < -0.4 is 0 Å². The topological polar surface area (TPSA) is 46.5 Å². The third kappa shape index (κ3) is 0.814. The Hall–Kier alpha value is -0.570. The minimum Gasteiger partial charge on any atom is -0.455 e. The van der Waals surface area contributed by atoms with Crippen molar-refractivity contribution in [3.63, 3.8) is 0 Å². The highest BCUT2D eigenvalue weighted by atomic mass is 16.6. The summed E-state index contributed by atoms with van der Waals surface area (Å²) in [6.07, 6.45) is 3.08. The number of carbonyl (C=O) groups excluding carboxylic acids is 1. The van der Waals surface area contributed by atoms with E-state index in [-0.39, 0.29) is 17.3 Å². The maximum Gasteiger partial charge on any atom is 0.310 e. The Morgan fingerprint density at radius 3 is 2.73 bits per heavy atom. The fourth-order valence-corrected chi connectivity index (χ4v) is 4.29. The molecule has 1 heterocycles. The van der Waals surface area contributed by atoms with Gasteiger partial charge in [-0.05, 0) is 31.6 Å². The minimum absolute atomic E-state index is 0.0300. The average molecular weight is 210 g/mol. The van der Waals surface area contributed by atoms with Gasteiger partial charge in [0, 0.05) is 5.41 Å². The van der Waals surface area contributed by atoms with E-state index in [0.29, 0.717) is 5.92 Å². The quantitative estimate of drug-likeness (QED) is 0.616. The largest absolute Gasteiger partial charge is 0.455 e. The normalized spacial score (nSPS) is 57.8. The summed E-state index contributed by atoms with van der Waals surface area (Å²) in [5.74, 6) is 0.429. The Morgan fingerprint density at radius 2 is 2.13 bits per heavy atom. The zero-order chi connectivity index (χ0) is 10.8. The molecule has 2 bridgehead atoms. The van der Waals surface area contributed by atoms with Gasteiger partial charge in [-0.2, -0.15) is 0 Å². The van der Waals surface area contributed by atoms with Crippen molar-refractivity contribution in [3.8, 4) is 0 Å². The molecule has 2 saturated carbocycles. The SMILES string of the molecule is C[C@H]1CC[C@@H](O)[C@]23CC[C@@H](C(=O)O2)[C@]13C. The Morgan fingerprint density at radius 1 is 1.40 bits per heavy atom. The van der Waals surface area contributed by atoms with Crippen molar-refractivity contribution >= 4 is 5.97 Å². The Labute approximate surface area is 89.8 Å². The molecule has 3 fully saturated rings. The Bertz CT molecular complexity index is 317. The molecule has 1 N–H and O–H groups in total. The third-order valence-corrected chi connectivity index (χ3v) is 5.44. The number of hydrogen-bond acceptors (Lipinski definition) is 3. The Balaban J connectivity index is 2.14. The molecular formula is C12H18O3. The molecule has 1 aliphatic heterocycles. The number of aliphatic hydroxyl groups excluding tert-OH is 1. The molecule has 0 aromatic carbocycles. The van der Waals surface area contributed by atoms with E-state index in [1.54, 1.807) is 0 Å². The number of ether oxygens (including phenoxy) is 1. The van der Waals surface area contributed by atoms with Crippen molar-refractivity contribution in [1.29, 1.82) is 0 Å². The van der Waals surface area contributed by atoms with E-state index < -0.39 is 11.7 Å². The van der Waals surface area contributed by atoms with Gasteiger partial charge in [-0.15, -0.1) is 0 Å². The summed E-state index contributed by atoms with van der Waals surface area (Å²) in [4.78, 5) is 11.8. The van der Waals surface area contributed by atoms with Gasteiger partial charge >= 0.3 is 5.97 Å². The van der Waals surface area contributed by atoms with Crippen LogP contribution in [0.15, 0.2) is 0 Å². The van der Waals surface area contributed by atoms with E-state index in [2.05, 4.69) is 13.8 Å². The highest BCUT2D eigenvalue weighted by Gasteiger charge is 2.73. The second-order valence-corrected chi connectivity index (χ2v) is 5.68. The van der Waals surface area contributed by atoms with E-state index in [1.165, 1.54) is 0 Å². The van der Waals surface area contributed by atoms with E-state index in [0.717, 1.165) is 25.7 Å². The van der Waals surface area contributed by atoms with Crippen molar-refractivity contribution in [2.75, 3.05) is 0 Å². The fourth-order valence-electron chi connectivity index (χ4n) is 4.29. The van der Waals surface area contributed by atoms with Gasteiger partial charge in [-0.1, -0.05) is 13.8 Å². The molecule has 3 nitrogen and oxygen atoms in total. The monoisotopic (exact) mass is 210 g/mol. The van der Waals surface area contributed by atoms with Crippen LogP contribution in [0.25, 0.3) is 0 Å². The highest BCUT2D eigenvalue weighted by molar-refractivity contribution is 5.79. The first-order valence-corrected chi connectivity index (χ1v) is 5.93. The van der Waals surface area contributed by atoms with Crippen LogP contribution in [-0.2, 0) is 9.53 Å². The molecule has 5 atom stereocenters. The summed E-state index contributed by atoms with van der Waals surface area (Å²) in [5.41, 5.74) is -0.672. The summed E-state index contributed by atoms with van der Waals surface area (Å²) >= 11 is 0. The van der Waals surface area contributed by atoms with Crippen LogP contribution in [0.1, 0.15) is 39.5 Å². The molecule has 0 amide bonds. The van der Waals surface area contributed by atoms with Gasteiger partial charge < -0.3 is 9.84 Å². The zero-order valence-electron chi connectivity index (χ0n) is 9.32. The maximum absolute atomic E-state index is 11.8. The van der Waals surface area contributed by atoms with Gasteiger partial charge in [0.25, 0.3) is 0 Å². The lowest BCUT2D eigenvalue weighted by molar-refractivity contribution is -0.185.